The van der Waals surface area contributed by atoms with Crippen LogP contribution in [0.2, 0.25) is 0 Å². The Morgan fingerprint density at radius 1 is 0.692 bits per heavy atom. The van der Waals surface area contributed by atoms with Gasteiger partial charge in [0.1, 0.15) is 0 Å². The summed E-state index contributed by atoms with van der Waals surface area (Å²) >= 11 is 7.13. The van der Waals surface area contributed by atoms with Gasteiger partial charge in [-0.2, -0.15) is 5.10 Å². The summed E-state index contributed by atoms with van der Waals surface area (Å²) in [7, 11) is 0. The first-order valence-corrected chi connectivity index (χ1v) is 9.91. The molecule has 0 radical (unpaired) electrons. The molecule has 0 unspecified atom stereocenters. The third-order valence-electron chi connectivity index (χ3n) is 4.20. The average molecular weight is 468 g/mol. The molecular weight excluding hydrogens is 452 g/mol. The van der Waals surface area contributed by atoms with Gasteiger partial charge in [-0.1, -0.05) is 86.5 Å². The molecule has 0 atom stereocenters. The van der Waals surface area contributed by atoms with Crippen LogP contribution in [0.4, 0.5) is 0 Å². The van der Waals surface area contributed by atoms with Gasteiger partial charge < -0.3 is 0 Å². The van der Waals surface area contributed by atoms with Crippen LogP contribution in [0.15, 0.2) is 93.9 Å². The van der Waals surface area contributed by atoms with Gasteiger partial charge in [-0.15, -0.1) is 0 Å². The molecule has 128 valence electrons. The van der Waals surface area contributed by atoms with E-state index in [1.165, 1.54) is 5.56 Å². The summed E-state index contributed by atoms with van der Waals surface area (Å²) in [6, 6.07) is 29.2. The van der Waals surface area contributed by atoms with Crippen molar-refractivity contribution in [1.82, 2.24) is 9.78 Å². The lowest BCUT2D eigenvalue weighted by atomic mass is 10.1. The summed E-state index contributed by atoms with van der Waals surface area (Å²) in [5.41, 5.74) is 5.54. The van der Waals surface area contributed by atoms with Gasteiger partial charge in [0.05, 0.1) is 17.9 Å². The number of rotatable bonds is 4. The molecule has 0 fully saturated rings. The fourth-order valence-corrected chi connectivity index (χ4v) is 3.76. The third kappa shape index (κ3) is 3.81. The van der Waals surface area contributed by atoms with Gasteiger partial charge >= 0.3 is 0 Å². The molecular formula is C22H16Br2N2. The van der Waals surface area contributed by atoms with E-state index in [0.29, 0.717) is 0 Å². The molecule has 4 aromatic rings. The second-order valence-electron chi connectivity index (χ2n) is 6.08. The molecule has 0 N–H and O–H groups in total. The van der Waals surface area contributed by atoms with Gasteiger partial charge in [-0.25, -0.2) is 0 Å². The molecule has 0 spiro atoms. The Bertz CT molecular complexity index is 1040. The Morgan fingerprint density at radius 3 is 2.04 bits per heavy atom. The van der Waals surface area contributed by atoms with Gasteiger partial charge in [-0.05, 0) is 35.9 Å². The molecule has 2 nitrogen and oxygen atoms in total. The van der Waals surface area contributed by atoms with Crippen LogP contribution in [-0.4, -0.2) is 9.78 Å². The van der Waals surface area contributed by atoms with Gasteiger partial charge in [-0.3, -0.25) is 4.68 Å². The zero-order valence-corrected chi connectivity index (χ0v) is 17.1. The van der Waals surface area contributed by atoms with Crippen molar-refractivity contribution in [3.8, 4) is 22.5 Å². The predicted octanol–water partition coefficient (Wildman–Crippen LogP) is 6.79. The van der Waals surface area contributed by atoms with Crippen LogP contribution < -0.4 is 0 Å². The second-order valence-corrected chi connectivity index (χ2v) is 7.91. The summed E-state index contributed by atoms with van der Waals surface area (Å²) in [5.74, 6) is 0. The molecule has 0 saturated carbocycles. The summed E-state index contributed by atoms with van der Waals surface area (Å²) in [6.07, 6.45) is 0. The van der Waals surface area contributed by atoms with Crippen LogP contribution in [0.25, 0.3) is 22.5 Å². The molecule has 1 aromatic heterocycles. The minimum atomic E-state index is 0.733. The van der Waals surface area contributed by atoms with Crippen molar-refractivity contribution in [1.29, 1.82) is 0 Å². The van der Waals surface area contributed by atoms with Crippen LogP contribution in [0.5, 0.6) is 0 Å². The van der Waals surface area contributed by atoms with Crippen molar-refractivity contribution in [2.75, 3.05) is 0 Å². The van der Waals surface area contributed by atoms with Gasteiger partial charge in [0.2, 0.25) is 0 Å². The first-order valence-electron chi connectivity index (χ1n) is 8.33. The first-order chi connectivity index (χ1) is 12.7. The maximum Gasteiger partial charge on any atom is 0.0930 e. The van der Waals surface area contributed by atoms with Crippen LogP contribution in [0.3, 0.4) is 0 Å². The van der Waals surface area contributed by atoms with E-state index in [1.54, 1.807) is 0 Å². The minimum absolute atomic E-state index is 0.733. The average Bonchev–Trinajstić information content (AvgIpc) is 3.06. The monoisotopic (exact) mass is 466 g/mol. The Labute approximate surface area is 169 Å². The van der Waals surface area contributed by atoms with E-state index in [2.05, 4.69) is 97.2 Å². The molecule has 4 rings (SSSR count). The Kier molecular flexibility index (Phi) is 5.05. The van der Waals surface area contributed by atoms with E-state index in [1.807, 2.05) is 24.3 Å². The van der Waals surface area contributed by atoms with Crippen LogP contribution in [-0.2, 0) is 6.54 Å². The topological polar surface area (TPSA) is 17.8 Å². The van der Waals surface area contributed by atoms with Crippen molar-refractivity contribution >= 4 is 31.9 Å². The quantitative estimate of drug-likeness (QED) is 0.323. The van der Waals surface area contributed by atoms with Crippen molar-refractivity contribution in [3.63, 3.8) is 0 Å². The van der Waals surface area contributed by atoms with E-state index >= 15 is 0 Å². The molecule has 0 bridgehead atoms. The van der Waals surface area contributed by atoms with E-state index in [4.69, 9.17) is 5.10 Å². The standard InChI is InChI=1S/C22H16Br2N2/c23-19-10-4-8-17(12-19)21-14-22(18-9-5-11-20(24)13-18)26(25-21)15-16-6-2-1-3-7-16/h1-14H,15H2. The van der Waals surface area contributed by atoms with Crippen molar-refractivity contribution in [2.24, 2.45) is 0 Å². The van der Waals surface area contributed by atoms with Crippen LogP contribution in [0.1, 0.15) is 5.56 Å². The third-order valence-corrected chi connectivity index (χ3v) is 5.18. The molecule has 1 heterocycles. The lowest BCUT2D eigenvalue weighted by Gasteiger charge is -2.08. The summed E-state index contributed by atoms with van der Waals surface area (Å²) in [5, 5.41) is 4.90. The predicted molar refractivity (Wildman–Crippen MR) is 114 cm³/mol. The molecule has 0 amide bonds. The lowest BCUT2D eigenvalue weighted by molar-refractivity contribution is 0.697. The largest absolute Gasteiger partial charge is 0.260 e. The molecule has 0 saturated heterocycles. The van der Waals surface area contributed by atoms with Crippen molar-refractivity contribution < 1.29 is 0 Å². The molecule has 3 aromatic carbocycles. The van der Waals surface area contributed by atoms with Crippen molar-refractivity contribution in [3.05, 3.63) is 99.4 Å². The maximum absolute atomic E-state index is 4.90. The minimum Gasteiger partial charge on any atom is -0.260 e. The maximum atomic E-state index is 4.90. The number of nitrogens with zero attached hydrogens (tertiary/aromatic N) is 2. The molecule has 0 aliphatic carbocycles. The van der Waals surface area contributed by atoms with E-state index in [9.17, 15) is 0 Å². The summed E-state index contributed by atoms with van der Waals surface area (Å²) < 4.78 is 4.19. The van der Waals surface area contributed by atoms with Gasteiger partial charge in [0.15, 0.2) is 0 Å². The highest BCUT2D eigenvalue weighted by molar-refractivity contribution is 9.10. The van der Waals surface area contributed by atoms with Gasteiger partial charge in [0, 0.05) is 20.1 Å². The number of hydrogen-bond donors (Lipinski definition) is 0. The smallest absolute Gasteiger partial charge is 0.0930 e. The van der Waals surface area contributed by atoms with Gasteiger partial charge in [0.25, 0.3) is 0 Å². The molecule has 4 heteroatoms. The molecule has 26 heavy (non-hydrogen) atoms. The molecule has 0 aliphatic rings. The summed E-state index contributed by atoms with van der Waals surface area (Å²) in [6.45, 7) is 0.733. The Balaban J connectivity index is 1.82. The highest BCUT2D eigenvalue weighted by atomic mass is 79.9. The van der Waals surface area contributed by atoms with Crippen LogP contribution >= 0.6 is 31.9 Å². The SMILES string of the molecule is Brc1cccc(-c2cc(-c3cccc(Br)c3)n(Cc3ccccc3)n2)c1. The number of halogens is 2. The van der Waals surface area contributed by atoms with Crippen molar-refractivity contribution in [2.45, 2.75) is 6.54 Å². The molecule has 0 aliphatic heterocycles. The van der Waals surface area contributed by atoms with E-state index < -0.39 is 0 Å². The lowest BCUT2D eigenvalue weighted by Crippen LogP contribution is -2.03. The number of benzene rings is 3. The fourth-order valence-electron chi connectivity index (χ4n) is 2.96. The first kappa shape index (κ1) is 17.3. The second kappa shape index (κ2) is 7.60. The zero-order chi connectivity index (χ0) is 17.9. The zero-order valence-electron chi connectivity index (χ0n) is 13.9. The fraction of sp³-hybridized carbons (Fsp3) is 0.0455. The number of hydrogen-bond acceptors (Lipinski definition) is 1. The highest BCUT2D eigenvalue weighted by Gasteiger charge is 2.12. The number of aromatic nitrogens is 2. The normalized spacial score (nSPS) is 10.8. The van der Waals surface area contributed by atoms with E-state index in [0.717, 1.165) is 38.0 Å². The summed E-state index contributed by atoms with van der Waals surface area (Å²) in [4.78, 5) is 0. The Morgan fingerprint density at radius 2 is 1.35 bits per heavy atom. The van der Waals surface area contributed by atoms with Crippen LogP contribution in [0, 0.1) is 0 Å². The van der Waals surface area contributed by atoms with E-state index in [-0.39, 0.29) is 0 Å². The Hall–Kier alpha value is -2.17. The highest BCUT2D eigenvalue weighted by Crippen LogP contribution is 2.29.